The summed E-state index contributed by atoms with van der Waals surface area (Å²) in [7, 11) is 0. The highest BCUT2D eigenvalue weighted by molar-refractivity contribution is 5.75. The van der Waals surface area contributed by atoms with Gasteiger partial charge in [-0.2, -0.15) is 0 Å². The standard InChI is InChI=1S/C14H22O6/c1-4-16-12(15)10-11-9(19-13(2,3)20-11)5-6-14(10)17-7-8-18-14/h9-11H,4-8H2,1-3H3/t9-,10-,11-/m1/s1. The molecule has 0 unspecified atom stereocenters. The van der Waals surface area contributed by atoms with E-state index in [1.54, 1.807) is 6.92 Å². The SMILES string of the molecule is CCOC(=O)[C@H]1[C@@H]2OC(C)(C)O[C@@H]2CCC12OCCO2. The van der Waals surface area contributed by atoms with Gasteiger partial charge in [0.2, 0.25) is 0 Å². The largest absolute Gasteiger partial charge is 0.466 e. The number of hydrogen-bond donors (Lipinski definition) is 0. The second-order valence-electron chi connectivity index (χ2n) is 5.92. The Balaban J connectivity index is 1.89. The van der Waals surface area contributed by atoms with Crippen LogP contribution < -0.4 is 0 Å². The first-order valence-corrected chi connectivity index (χ1v) is 7.28. The summed E-state index contributed by atoms with van der Waals surface area (Å²) in [6.45, 7) is 6.83. The summed E-state index contributed by atoms with van der Waals surface area (Å²) in [6.07, 6.45) is 0.884. The van der Waals surface area contributed by atoms with Crippen LogP contribution in [0.15, 0.2) is 0 Å². The lowest BCUT2D eigenvalue weighted by atomic mass is 9.79. The van der Waals surface area contributed by atoms with Gasteiger partial charge in [-0.25, -0.2) is 0 Å². The molecule has 0 aromatic heterocycles. The van der Waals surface area contributed by atoms with E-state index in [-0.39, 0.29) is 18.2 Å². The minimum Gasteiger partial charge on any atom is -0.466 e. The molecule has 2 aliphatic heterocycles. The number of carbonyl (C=O) groups excluding carboxylic acids is 1. The third kappa shape index (κ3) is 2.24. The fourth-order valence-electron chi connectivity index (χ4n) is 3.46. The van der Waals surface area contributed by atoms with Crippen LogP contribution in [0.2, 0.25) is 0 Å². The van der Waals surface area contributed by atoms with Crippen molar-refractivity contribution in [1.29, 1.82) is 0 Å². The van der Waals surface area contributed by atoms with Crippen LogP contribution in [0.4, 0.5) is 0 Å². The zero-order chi connectivity index (χ0) is 14.4. The molecule has 0 aromatic carbocycles. The first-order valence-electron chi connectivity index (χ1n) is 7.28. The molecule has 1 aliphatic carbocycles. The maximum atomic E-state index is 12.4. The van der Waals surface area contributed by atoms with E-state index in [4.69, 9.17) is 23.7 Å². The lowest BCUT2D eigenvalue weighted by Crippen LogP contribution is -2.56. The number of esters is 1. The fraction of sp³-hybridized carbons (Fsp3) is 0.929. The molecule has 2 saturated heterocycles. The van der Waals surface area contributed by atoms with Crippen LogP contribution in [-0.2, 0) is 28.5 Å². The summed E-state index contributed by atoms with van der Waals surface area (Å²) in [4.78, 5) is 12.4. The van der Waals surface area contributed by atoms with Gasteiger partial charge in [-0.15, -0.1) is 0 Å². The van der Waals surface area contributed by atoms with Crippen molar-refractivity contribution in [2.75, 3.05) is 19.8 Å². The van der Waals surface area contributed by atoms with Crippen molar-refractivity contribution in [1.82, 2.24) is 0 Å². The molecule has 0 aromatic rings. The van der Waals surface area contributed by atoms with Crippen LogP contribution >= 0.6 is 0 Å². The molecule has 2 heterocycles. The lowest BCUT2D eigenvalue weighted by Gasteiger charge is -2.42. The molecule has 0 radical (unpaired) electrons. The Kier molecular flexibility index (Phi) is 3.52. The second kappa shape index (κ2) is 4.94. The average molecular weight is 286 g/mol. The van der Waals surface area contributed by atoms with Crippen molar-refractivity contribution in [3.8, 4) is 0 Å². The molecule has 0 amide bonds. The number of hydrogen-bond acceptors (Lipinski definition) is 6. The molecule has 0 bridgehead atoms. The highest BCUT2D eigenvalue weighted by Crippen LogP contribution is 2.48. The number of ether oxygens (including phenoxy) is 5. The Bertz CT molecular complexity index is 387. The van der Waals surface area contributed by atoms with E-state index in [2.05, 4.69) is 0 Å². The van der Waals surface area contributed by atoms with Crippen molar-refractivity contribution in [2.45, 2.75) is 57.4 Å². The van der Waals surface area contributed by atoms with Gasteiger partial charge in [-0.1, -0.05) is 0 Å². The lowest BCUT2D eigenvalue weighted by molar-refractivity contribution is -0.246. The predicted molar refractivity (Wildman–Crippen MR) is 67.8 cm³/mol. The summed E-state index contributed by atoms with van der Waals surface area (Å²) in [6, 6.07) is 0. The van der Waals surface area contributed by atoms with Gasteiger partial charge in [0.15, 0.2) is 11.6 Å². The summed E-state index contributed by atoms with van der Waals surface area (Å²) in [5.41, 5.74) is 0. The first kappa shape index (κ1) is 14.3. The minimum absolute atomic E-state index is 0.113. The van der Waals surface area contributed by atoms with Crippen molar-refractivity contribution in [2.24, 2.45) is 5.92 Å². The molecule has 3 rings (SSSR count). The highest BCUT2D eigenvalue weighted by Gasteiger charge is 2.62. The van der Waals surface area contributed by atoms with Crippen LogP contribution in [0, 0.1) is 5.92 Å². The predicted octanol–water partition coefficient (Wildman–Crippen LogP) is 1.22. The maximum Gasteiger partial charge on any atom is 0.317 e. The molecule has 0 N–H and O–H groups in total. The molecule has 6 heteroatoms. The number of carbonyl (C=O) groups is 1. The fourth-order valence-corrected chi connectivity index (χ4v) is 3.46. The monoisotopic (exact) mass is 286 g/mol. The van der Waals surface area contributed by atoms with Crippen LogP contribution in [0.3, 0.4) is 0 Å². The van der Waals surface area contributed by atoms with E-state index in [1.807, 2.05) is 13.8 Å². The van der Waals surface area contributed by atoms with Gasteiger partial charge in [0.25, 0.3) is 0 Å². The van der Waals surface area contributed by atoms with Gasteiger partial charge < -0.3 is 23.7 Å². The Morgan fingerprint density at radius 1 is 1.25 bits per heavy atom. The first-order chi connectivity index (χ1) is 9.47. The molecular formula is C14H22O6. The van der Waals surface area contributed by atoms with Crippen LogP contribution in [0.25, 0.3) is 0 Å². The van der Waals surface area contributed by atoms with Gasteiger partial charge in [0.05, 0.1) is 25.9 Å². The molecule has 3 atom stereocenters. The van der Waals surface area contributed by atoms with E-state index in [0.29, 0.717) is 26.2 Å². The quantitative estimate of drug-likeness (QED) is 0.711. The Labute approximate surface area is 118 Å². The topological polar surface area (TPSA) is 63.2 Å². The summed E-state index contributed by atoms with van der Waals surface area (Å²) in [5.74, 6) is -2.52. The smallest absolute Gasteiger partial charge is 0.317 e. The molecule has 3 fully saturated rings. The van der Waals surface area contributed by atoms with E-state index >= 15 is 0 Å². The zero-order valence-corrected chi connectivity index (χ0v) is 12.2. The van der Waals surface area contributed by atoms with E-state index in [9.17, 15) is 4.79 Å². The molecule has 20 heavy (non-hydrogen) atoms. The summed E-state index contributed by atoms with van der Waals surface area (Å²) in [5, 5.41) is 0. The number of fused-ring (bicyclic) bond motifs is 1. The van der Waals surface area contributed by atoms with Gasteiger partial charge in [-0.3, -0.25) is 4.79 Å². The molecule has 114 valence electrons. The normalized spacial score (nSPS) is 37.9. The molecule has 6 nitrogen and oxygen atoms in total. The van der Waals surface area contributed by atoms with E-state index in [0.717, 1.165) is 6.42 Å². The van der Waals surface area contributed by atoms with Crippen LogP contribution in [0.5, 0.6) is 0 Å². The van der Waals surface area contributed by atoms with Crippen molar-refractivity contribution >= 4 is 5.97 Å². The molecule has 1 spiro atoms. The summed E-state index contributed by atoms with van der Waals surface area (Å²) >= 11 is 0. The van der Waals surface area contributed by atoms with Gasteiger partial charge in [0, 0.05) is 6.42 Å². The minimum atomic E-state index is -0.906. The Hall–Kier alpha value is -0.690. The molecule has 3 aliphatic rings. The Morgan fingerprint density at radius 3 is 2.60 bits per heavy atom. The van der Waals surface area contributed by atoms with Gasteiger partial charge in [-0.05, 0) is 27.2 Å². The molecule has 1 saturated carbocycles. The number of rotatable bonds is 2. The van der Waals surface area contributed by atoms with Crippen LogP contribution in [-0.4, -0.2) is 49.6 Å². The van der Waals surface area contributed by atoms with E-state index < -0.39 is 17.5 Å². The van der Waals surface area contributed by atoms with Gasteiger partial charge in [0.1, 0.15) is 12.0 Å². The summed E-state index contributed by atoms with van der Waals surface area (Å²) < 4.78 is 28.6. The van der Waals surface area contributed by atoms with Crippen molar-refractivity contribution in [3.63, 3.8) is 0 Å². The second-order valence-corrected chi connectivity index (χ2v) is 5.92. The van der Waals surface area contributed by atoms with Gasteiger partial charge >= 0.3 is 5.97 Å². The molecular weight excluding hydrogens is 264 g/mol. The van der Waals surface area contributed by atoms with Crippen LogP contribution in [0.1, 0.15) is 33.6 Å². The third-order valence-electron chi connectivity index (χ3n) is 4.12. The van der Waals surface area contributed by atoms with Crippen molar-refractivity contribution < 1.29 is 28.5 Å². The highest BCUT2D eigenvalue weighted by atomic mass is 16.8. The van der Waals surface area contributed by atoms with E-state index in [1.165, 1.54) is 0 Å². The zero-order valence-electron chi connectivity index (χ0n) is 12.2. The van der Waals surface area contributed by atoms with Crippen molar-refractivity contribution in [3.05, 3.63) is 0 Å². The average Bonchev–Trinajstić information content (AvgIpc) is 2.93. The third-order valence-corrected chi connectivity index (χ3v) is 4.12. The Morgan fingerprint density at radius 2 is 1.95 bits per heavy atom. The maximum absolute atomic E-state index is 12.4.